The van der Waals surface area contributed by atoms with Gasteiger partial charge in [-0.15, -0.1) is 0 Å². The van der Waals surface area contributed by atoms with Crippen LogP contribution in [0.2, 0.25) is 0 Å². The first-order valence-electron chi connectivity index (χ1n) is 11.6. The highest BCUT2D eigenvalue weighted by molar-refractivity contribution is 5.99. The molecule has 0 bridgehead atoms. The van der Waals surface area contributed by atoms with Crippen molar-refractivity contribution in [2.45, 2.75) is 26.3 Å². The zero-order valence-electron chi connectivity index (χ0n) is 19.9. The summed E-state index contributed by atoms with van der Waals surface area (Å²) in [6, 6.07) is 14.7. The molecule has 3 aromatic rings. The van der Waals surface area contributed by atoms with Gasteiger partial charge in [-0.2, -0.15) is 0 Å². The van der Waals surface area contributed by atoms with Crippen molar-refractivity contribution < 1.29 is 4.79 Å². The molecule has 35 heavy (non-hydrogen) atoms. The highest BCUT2D eigenvalue weighted by atomic mass is 16.2. The van der Waals surface area contributed by atoms with Gasteiger partial charge in [0.25, 0.3) is 5.56 Å². The van der Waals surface area contributed by atoms with Crippen molar-refractivity contribution >= 4 is 17.7 Å². The topological polar surface area (TPSA) is 120 Å². The number of aromatic nitrogens is 2. The van der Waals surface area contributed by atoms with E-state index in [-0.39, 0.29) is 11.5 Å². The molecule has 9 heteroatoms. The monoisotopic (exact) mass is 473 g/mol. The average molecular weight is 474 g/mol. The van der Waals surface area contributed by atoms with E-state index >= 15 is 0 Å². The summed E-state index contributed by atoms with van der Waals surface area (Å²) >= 11 is 0. The quantitative estimate of drug-likeness (QED) is 0.249. The van der Waals surface area contributed by atoms with Gasteiger partial charge in [0.2, 0.25) is 12.5 Å². The van der Waals surface area contributed by atoms with Crippen LogP contribution in [0.1, 0.15) is 24.0 Å². The van der Waals surface area contributed by atoms with Gasteiger partial charge in [-0.3, -0.25) is 20.0 Å². The SMILES string of the molecule is [C-]#[N+]CCCN(CCCN)Cc1ccc(-c2cnc(NC(=O)Nc3ccccc3C)[nH]c2=O)cc1. The molecule has 1 aromatic heterocycles. The molecule has 0 saturated carbocycles. The summed E-state index contributed by atoms with van der Waals surface area (Å²) in [7, 11) is 0. The Morgan fingerprint density at radius 3 is 2.54 bits per heavy atom. The largest absolute Gasteiger partial charge is 0.330 e. The predicted molar refractivity (Wildman–Crippen MR) is 139 cm³/mol. The van der Waals surface area contributed by atoms with Crippen molar-refractivity contribution in [1.29, 1.82) is 0 Å². The number of hydrogen-bond acceptors (Lipinski definition) is 5. The number of benzene rings is 2. The van der Waals surface area contributed by atoms with E-state index in [0.717, 1.165) is 49.2 Å². The number of nitrogens with two attached hydrogens (primary N) is 1. The molecule has 5 N–H and O–H groups in total. The van der Waals surface area contributed by atoms with Crippen molar-refractivity contribution in [3.63, 3.8) is 0 Å². The fraction of sp³-hybridized carbons (Fsp3) is 0.308. The Kier molecular flexibility index (Phi) is 9.54. The molecule has 182 valence electrons. The first-order chi connectivity index (χ1) is 17.0. The number of carbonyl (C=O) groups excluding carboxylic acids is 1. The van der Waals surface area contributed by atoms with Crippen LogP contribution in [0.15, 0.2) is 59.5 Å². The second-order valence-corrected chi connectivity index (χ2v) is 8.22. The second kappa shape index (κ2) is 13.0. The maximum absolute atomic E-state index is 12.7. The molecular formula is C26H31N7O2. The van der Waals surface area contributed by atoms with E-state index in [1.54, 1.807) is 6.07 Å². The Bertz CT molecular complexity index is 1220. The highest BCUT2D eigenvalue weighted by Crippen LogP contribution is 2.17. The number of aryl methyl sites for hydroxylation is 1. The van der Waals surface area contributed by atoms with Gasteiger partial charge in [-0.1, -0.05) is 42.5 Å². The number of carbonyl (C=O) groups is 1. The molecule has 2 aromatic carbocycles. The van der Waals surface area contributed by atoms with Crippen LogP contribution in [0.5, 0.6) is 0 Å². The van der Waals surface area contributed by atoms with Gasteiger partial charge in [0.15, 0.2) is 0 Å². The van der Waals surface area contributed by atoms with Crippen LogP contribution in [0, 0.1) is 13.5 Å². The average Bonchev–Trinajstić information content (AvgIpc) is 2.85. The number of aromatic amines is 1. The van der Waals surface area contributed by atoms with Crippen molar-refractivity contribution in [3.05, 3.63) is 87.6 Å². The molecule has 0 saturated heterocycles. The van der Waals surface area contributed by atoms with Crippen LogP contribution < -0.4 is 21.9 Å². The van der Waals surface area contributed by atoms with E-state index in [1.165, 1.54) is 6.20 Å². The summed E-state index contributed by atoms with van der Waals surface area (Å²) in [5, 5.41) is 5.29. The molecule has 0 fully saturated rings. The molecule has 0 aliphatic heterocycles. The van der Waals surface area contributed by atoms with Gasteiger partial charge < -0.3 is 15.9 Å². The van der Waals surface area contributed by atoms with E-state index < -0.39 is 6.03 Å². The van der Waals surface area contributed by atoms with Gasteiger partial charge >= 0.3 is 6.03 Å². The molecule has 1 heterocycles. The minimum absolute atomic E-state index is 0.0661. The van der Waals surface area contributed by atoms with Crippen molar-refractivity contribution in [2.24, 2.45) is 5.73 Å². The summed E-state index contributed by atoms with van der Waals surface area (Å²) in [4.78, 5) is 37.5. The van der Waals surface area contributed by atoms with E-state index in [1.807, 2.05) is 49.4 Å². The summed E-state index contributed by atoms with van der Waals surface area (Å²) in [6.45, 7) is 12.5. The zero-order chi connectivity index (χ0) is 25.0. The standard InChI is InChI=1S/C26H31N7O2/c1-19-7-3-4-8-23(19)30-26(35)32-25-29-17-22(24(34)31-25)21-11-9-20(10-12-21)18-33(15-5-13-27)16-6-14-28-2/h3-4,7-12,17H,5-6,13-16,18,27H2,1H3,(H3,29,30,31,32,34,35). The molecule has 0 radical (unpaired) electrons. The van der Waals surface area contributed by atoms with Crippen LogP contribution in [-0.4, -0.2) is 47.1 Å². The van der Waals surface area contributed by atoms with Gasteiger partial charge in [0.05, 0.1) is 5.56 Å². The number of urea groups is 1. The molecule has 0 aliphatic carbocycles. The number of anilines is 2. The van der Waals surface area contributed by atoms with Gasteiger partial charge in [-0.25, -0.2) is 16.4 Å². The Morgan fingerprint density at radius 1 is 1.11 bits per heavy atom. The number of para-hydroxylation sites is 1. The first-order valence-corrected chi connectivity index (χ1v) is 11.6. The molecule has 3 rings (SSSR count). The highest BCUT2D eigenvalue weighted by Gasteiger charge is 2.11. The van der Waals surface area contributed by atoms with E-state index in [0.29, 0.717) is 24.3 Å². The summed E-state index contributed by atoms with van der Waals surface area (Å²) in [5.41, 5.74) is 9.18. The molecule has 0 atom stereocenters. The lowest BCUT2D eigenvalue weighted by molar-refractivity contribution is 0.262. The summed E-state index contributed by atoms with van der Waals surface area (Å²) < 4.78 is 0. The van der Waals surface area contributed by atoms with E-state index in [9.17, 15) is 9.59 Å². The number of hydrogen-bond donors (Lipinski definition) is 4. The molecule has 0 spiro atoms. The fourth-order valence-corrected chi connectivity index (χ4v) is 3.64. The smallest absolute Gasteiger partial charge is 0.326 e. The Morgan fingerprint density at radius 2 is 1.86 bits per heavy atom. The fourth-order valence-electron chi connectivity index (χ4n) is 3.64. The Balaban J connectivity index is 1.63. The van der Waals surface area contributed by atoms with Crippen LogP contribution in [0.4, 0.5) is 16.4 Å². The lowest BCUT2D eigenvalue weighted by atomic mass is 10.1. The predicted octanol–water partition coefficient (Wildman–Crippen LogP) is 3.85. The third-order valence-corrected chi connectivity index (χ3v) is 5.52. The molecule has 0 unspecified atom stereocenters. The summed E-state index contributed by atoms with van der Waals surface area (Å²) in [5.74, 6) is 0.0661. The van der Waals surface area contributed by atoms with E-state index in [2.05, 4.69) is 30.3 Å². The van der Waals surface area contributed by atoms with Gasteiger partial charge in [-0.05, 0) is 49.2 Å². The zero-order valence-corrected chi connectivity index (χ0v) is 19.9. The Labute approximate surface area is 205 Å². The van der Waals surface area contributed by atoms with Crippen molar-refractivity contribution in [3.8, 4) is 11.1 Å². The number of amides is 2. The lowest BCUT2D eigenvalue weighted by Gasteiger charge is -2.21. The van der Waals surface area contributed by atoms with Gasteiger partial charge in [0, 0.05) is 31.4 Å². The minimum atomic E-state index is -0.491. The lowest BCUT2D eigenvalue weighted by Crippen LogP contribution is -2.27. The van der Waals surface area contributed by atoms with Gasteiger partial charge in [0.1, 0.15) is 0 Å². The molecule has 2 amide bonds. The second-order valence-electron chi connectivity index (χ2n) is 8.22. The van der Waals surface area contributed by atoms with Crippen LogP contribution in [-0.2, 0) is 6.54 Å². The number of H-pyrrole nitrogens is 1. The van der Waals surface area contributed by atoms with Crippen molar-refractivity contribution in [2.75, 3.05) is 36.8 Å². The Hall–Kier alpha value is -4.00. The summed E-state index contributed by atoms with van der Waals surface area (Å²) in [6.07, 6.45) is 3.19. The number of nitrogens with zero attached hydrogens (tertiary/aromatic N) is 3. The minimum Gasteiger partial charge on any atom is -0.330 e. The van der Waals surface area contributed by atoms with Crippen molar-refractivity contribution in [1.82, 2.24) is 14.9 Å². The molecular weight excluding hydrogens is 442 g/mol. The normalized spacial score (nSPS) is 10.7. The third-order valence-electron chi connectivity index (χ3n) is 5.52. The van der Waals surface area contributed by atoms with Crippen LogP contribution >= 0.6 is 0 Å². The van der Waals surface area contributed by atoms with Crippen LogP contribution in [0.3, 0.4) is 0 Å². The first kappa shape index (κ1) is 25.6. The molecule has 9 nitrogen and oxygen atoms in total. The maximum atomic E-state index is 12.7. The number of nitrogens with one attached hydrogen (secondary N) is 3. The molecule has 0 aliphatic rings. The van der Waals surface area contributed by atoms with E-state index in [4.69, 9.17) is 12.3 Å². The number of rotatable bonds is 11. The third kappa shape index (κ3) is 7.78. The maximum Gasteiger partial charge on any atom is 0.326 e. The van der Waals surface area contributed by atoms with Crippen LogP contribution in [0.25, 0.3) is 16.0 Å².